The predicted molar refractivity (Wildman–Crippen MR) is 92.9 cm³/mol. The molecule has 2 N–H and O–H groups in total. The topological polar surface area (TPSA) is 87.3 Å². The van der Waals surface area contributed by atoms with Gasteiger partial charge in [0.1, 0.15) is 4.90 Å². The Morgan fingerprint density at radius 2 is 2.00 bits per heavy atom. The molecule has 2 aromatic rings. The fourth-order valence-corrected chi connectivity index (χ4v) is 4.37. The molecule has 1 aromatic carbocycles. The maximum absolute atomic E-state index is 12.5. The molecule has 2 heterocycles. The predicted octanol–water partition coefficient (Wildman–Crippen LogP) is 2.05. The lowest BCUT2D eigenvalue weighted by atomic mass is 10.2. The number of anilines is 2. The number of H-pyrrole nitrogens is 1. The van der Waals surface area contributed by atoms with E-state index >= 15 is 0 Å². The zero-order valence-electron chi connectivity index (χ0n) is 14.0. The average molecular weight is 350 g/mol. The van der Waals surface area contributed by atoms with Gasteiger partial charge >= 0.3 is 0 Å². The van der Waals surface area contributed by atoms with Crippen molar-refractivity contribution < 1.29 is 13.2 Å². The van der Waals surface area contributed by atoms with Crippen LogP contribution in [0, 0.1) is 13.8 Å². The summed E-state index contributed by atoms with van der Waals surface area (Å²) in [5.41, 5.74) is 2.57. The Morgan fingerprint density at radius 3 is 2.58 bits per heavy atom. The molecule has 130 valence electrons. The summed E-state index contributed by atoms with van der Waals surface area (Å²) in [6.07, 6.45) is 0.198. The van der Waals surface area contributed by atoms with Gasteiger partial charge in [-0.1, -0.05) is 0 Å². The number of benzene rings is 1. The van der Waals surface area contributed by atoms with Gasteiger partial charge in [0, 0.05) is 24.5 Å². The van der Waals surface area contributed by atoms with Crippen molar-refractivity contribution in [3.8, 4) is 0 Å². The van der Waals surface area contributed by atoms with Gasteiger partial charge in [0.05, 0.1) is 24.1 Å². The SMILES string of the molecule is Cc1n[nH]c(C)c1S(=O)(=O)Nc1ccc(N2CCOC(C)C2)cc1. The van der Waals surface area contributed by atoms with E-state index in [-0.39, 0.29) is 11.0 Å². The van der Waals surface area contributed by atoms with E-state index in [1.807, 2.05) is 19.1 Å². The van der Waals surface area contributed by atoms with Gasteiger partial charge in [0.25, 0.3) is 10.0 Å². The Bertz CT molecular complexity index is 795. The summed E-state index contributed by atoms with van der Waals surface area (Å²) in [4.78, 5) is 2.44. The molecule has 0 bridgehead atoms. The molecule has 7 nitrogen and oxygen atoms in total. The van der Waals surface area contributed by atoms with Gasteiger partial charge in [-0.25, -0.2) is 8.42 Å². The third-order valence-corrected chi connectivity index (χ3v) is 5.70. The highest BCUT2D eigenvalue weighted by atomic mass is 32.2. The van der Waals surface area contributed by atoms with E-state index in [2.05, 4.69) is 19.8 Å². The van der Waals surface area contributed by atoms with Crippen LogP contribution in [0.5, 0.6) is 0 Å². The van der Waals surface area contributed by atoms with Crippen molar-refractivity contribution in [2.75, 3.05) is 29.3 Å². The zero-order valence-corrected chi connectivity index (χ0v) is 14.9. The minimum atomic E-state index is -3.66. The first kappa shape index (κ1) is 16.8. The molecule has 1 fully saturated rings. The number of rotatable bonds is 4. The van der Waals surface area contributed by atoms with Crippen molar-refractivity contribution in [2.24, 2.45) is 0 Å². The number of sulfonamides is 1. The molecular formula is C16H22N4O3S. The fourth-order valence-electron chi connectivity index (χ4n) is 2.94. The minimum Gasteiger partial charge on any atom is -0.375 e. The molecule has 1 aromatic heterocycles. The highest BCUT2D eigenvalue weighted by molar-refractivity contribution is 7.92. The van der Waals surface area contributed by atoms with Gasteiger partial charge < -0.3 is 9.64 Å². The van der Waals surface area contributed by atoms with E-state index in [0.717, 1.165) is 18.8 Å². The molecule has 0 aliphatic carbocycles. The number of nitrogens with zero attached hydrogens (tertiary/aromatic N) is 2. The molecule has 3 rings (SSSR count). The van der Waals surface area contributed by atoms with Crippen molar-refractivity contribution >= 4 is 21.4 Å². The largest absolute Gasteiger partial charge is 0.375 e. The lowest BCUT2D eigenvalue weighted by Gasteiger charge is -2.33. The number of hydrogen-bond donors (Lipinski definition) is 2. The smallest absolute Gasteiger partial charge is 0.265 e. The van der Waals surface area contributed by atoms with Crippen LogP contribution < -0.4 is 9.62 Å². The fraction of sp³-hybridized carbons (Fsp3) is 0.438. The molecule has 1 aliphatic rings. The number of hydrogen-bond acceptors (Lipinski definition) is 5. The summed E-state index contributed by atoms with van der Waals surface area (Å²) in [6, 6.07) is 7.39. The maximum atomic E-state index is 12.5. The summed E-state index contributed by atoms with van der Waals surface area (Å²) in [5, 5.41) is 6.64. The second kappa shape index (κ2) is 6.45. The lowest BCUT2D eigenvalue weighted by molar-refractivity contribution is 0.0532. The second-order valence-electron chi connectivity index (χ2n) is 6.04. The van der Waals surface area contributed by atoms with Gasteiger partial charge in [0.2, 0.25) is 0 Å². The molecule has 1 unspecified atom stereocenters. The maximum Gasteiger partial charge on any atom is 0.265 e. The molecule has 0 amide bonds. The van der Waals surface area contributed by atoms with E-state index < -0.39 is 10.0 Å². The Balaban J connectivity index is 1.77. The number of aryl methyl sites for hydroxylation is 2. The van der Waals surface area contributed by atoms with Crippen LogP contribution in [0.15, 0.2) is 29.2 Å². The highest BCUT2D eigenvalue weighted by Gasteiger charge is 2.22. The zero-order chi connectivity index (χ0) is 17.3. The molecule has 1 aliphatic heterocycles. The number of aromatic nitrogens is 2. The molecule has 8 heteroatoms. The van der Waals surface area contributed by atoms with E-state index in [1.54, 1.807) is 26.0 Å². The molecule has 1 atom stereocenters. The third kappa shape index (κ3) is 3.39. The lowest BCUT2D eigenvalue weighted by Crippen LogP contribution is -2.41. The normalized spacial score (nSPS) is 18.6. The van der Waals surface area contributed by atoms with Crippen molar-refractivity contribution in [1.82, 2.24) is 10.2 Å². The van der Waals surface area contributed by atoms with Crippen LogP contribution >= 0.6 is 0 Å². The van der Waals surface area contributed by atoms with Gasteiger partial charge in [-0.2, -0.15) is 5.10 Å². The number of ether oxygens (including phenoxy) is 1. The van der Waals surface area contributed by atoms with Crippen molar-refractivity contribution in [3.63, 3.8) is 0 Å². The first-order valence-corrected chi connectivity index (χ1v) is 9.36. The Morgan fingerprint density at radius 1 is 1.29 bits per heavy atom. The monoisotopic (exact) mass is 350 g/mol. The highest BCUT2D eigenvalue weighted by Crippen LogP contribution is 2.24. The van der Waals surface area contributed by atoms with Crippen LogP contribution in [0.25, 0.3) is 0 Å². The second-order valence-corrected chi connectivity index (χ2v) is 7.66. The first-order chi connectivity index (χ1) is 11.4. The first-order valence-electron chi connectivity index (χ1n) is 7.88. The summed E-state index contributed by atoms with van der Waals surface area (Å²) in [5.74, 6) is 0. The van der Waals surface area contributed by atoms with Gasteiger partial charge in [-0.05, 0) is 45.0 Å². The van der Waals surface area contributed by atoms with Crippen molar-refractivity contribution in [1.29, 1.82) is 0 Å². The van der Waals surface area contributed by atoms with Crippen LogP contribution in [0.3, 0.4) is 0 Å². The quantitative estimate of drug-likeness (QED) is 0.881. The van der Waals surface area contributed by atoms with E-state index in [1.165, 1.54) is 0 Å². The summed E-state index contributed by atoms with van der Waals surface area (Å²) >= 11 is 0. The van der Waals surface area contributed by atoms with Gasteiger partial charge in [-0.3, -0.25) is 9.82 Å². The van der Waals surface area contributed by atoms with Crippen LogP contribution in [0.4, 0.5) is 11.4 Å². The van der Waals surface area contributed by atoms with E-state index in [9.17, 15) is 8.42 Å². The molecule has 0 spiro atoms. The molecular weight excluding hydrogens is 328 g/mol. The van der Waals surface area contributed by atoms with Crippen LogP contribution in [-0.4, -0.2) is 44.4 Å². The Kier molecular flexibility index (Phi) is 4.51. The third-order valence-electron chi connectivity index (χ3n) is 4.05. The van der Waals surface area contributed by atoms with Gasteiger partial charge in [-0.15, -0.1) is 0 Å². The van der Waals surface area contributed by atoms with Gasteiger partial charge in [0.15, 0.2) is 0 Å². The molecule has 24 heavy (non-hydrogen) atoms. The van der Waals surface area contributed by atoms with Crippen LogP contribution in [-0.2, 0) is 14.8 Å². The molecule has 0 saturated carbocycles. The number of aromatic amines is 1. The number of morpholine rings is 1. The molecule has 0 radical (unpaired) electrons. The summed E-state index contributed by atoms with van der Waals surface area (Å²) in [6.45, 7) is 7.78. The van der Waals surface area contributed by atoms with E-state index in [0.29, 0.717) is 23.7 Å². The Labute approximate surface area is 142 Å². The number of nitrogens with one attached hydrogen (secondary N) is 2. The molecule has 1 saturated heterocycles. The van der Waals surface area contributed by atoms with Crippen LogP contribution in [0.1, 0.15) is 18.3 Å². The van der Waals surface area contributed by atoms with Crippen molar-refractivity contribution in [2.45, 2.75) is 31.8 Å². The standard InChI is InChI=1S/C16H22N4O3S/c1-11-10-20(8-9-23-11)15-6-4-14(5-7-15)19-24(21,22)16-12(2)17-18-13(16)3/h4-7,11,19H,8-10H2,1-3H3,(H,17,18). The van der Waals surface area contributed by atoms with Crippen LogP contribution in [0.2, 0.25) is 0 Å². The summed E-state index contributed by atoms with van der Waals surface area (Å²) < 4.78 is 33.2. The van der Waals surface area contributed by atoms with Crippen molar-refractivity contribution in [3.05, 3.63) is 35.7 Å². The Hall–Kier alpha value is -2.06. The summed E-state index contributed by atoms with van der Waals surface area (Å²) in [7, 11) is -3.66. The van der Waals surface area contributed by atoms with E-state index in [4.69, 9.17) is 4.74 Å². The average Bonchev–Trinajstić information content (AvgIpc) is 2.87. The minimum absolute atomic E-state index is 0.198.